The lowest BCUT2D eigenvalue weighted by Gasteiger charge is -2.29. The van der Waals surface area contributed by atoms with Crippen molar-refractivity contribution in [2.24, 2.45) is 0 Å². The minimum atomic E-state index is -2.08. The summed E-state index contributed by atoms with van der Waals surface area (Å²) in [5, 5.41) is 23.1. The highest BCUT2D eigenvalue weighted by atomic mass is 79.9. The van der Waals surface area contributed by atoms with Crippen LogP contribution in [0.5, 0.6) is 0 Å². The van der Waals surface area contributed by atoms with Crippen molar-refractivity contribution in [2.75, 3.05) is 14.2 Å². The number of methoxy groups -OCH3 is 1. The molecule has 0 fully saturated rings. The van der Waals surface area contributed by atoms with Gasteiger partial charge in [0.25, 0.3) is 11.8 Å². The van der Waals surface area contributed by atoms with Crippen LogP contribution < -0.4 is 5.32 Å². The molecule has 0 radical (unpaired) electrons. The van der Waals surface area contributed by atoms with Gasteiger partial charge in [-0.3, -0.25) is 9.59 Å². The Morgan fingerprint density at radius 2 is 1.87 bits per heavy atom. The summed E-state index contributed by atoms with van der Waals surface area (Å²) in [7, 11) is 2.44. The third-order valence-corrected chi connectivity index (χ3v) is 5.32. The molecule has 4 N–H and O–H groups in total. The predicted octanol–water partition coefficient (Wildman–Crippen LogP) is 0.314. The minimum absolute atomic E-state index is 0.0219. The van der Waals surface area contributed by atoms with Crippen LogP contribution in [0.4, 0.5) is 0 Å². The van der Waals surface area contributed by atoms with Gasteiger partial charge in [-0.05, 0) is 24.6 Å². The minimum Gasteiger partial charge on any atom is -0.467 e. The Labute approximate surface area is 187 Å². The van der Waals surface area contributed by atoms with E-state index in [0.29, 0.717) is 5.69 Å². The van der Waals surface area contributed by atoms with Gasteiger partial charge in [-0.15, -0.1) is 0 Å². The van der Waals surface area contributed by atoms with Gasteiger partial charge in [0.2, 0.25) is 0 Å². The molecule has 0 spiro atoms. The average molecular weight is 497 g/mol. The second-order valence-electron chi connectivity index (χ2n) is 6.92. The summed E-state index contributed by atoms with van der Waals surface area (Å²) in [4.78, 5) is 44.9. The SMILES string of the molecule is COC(=O)[C@@H](Cc1c[nH]cn1)N(C)C(=O)[C@H](O)[C@@H](O)C(=O)N[C@@H](C)c1ccc(Br)cc1. The molecule has 0 bridgehead atoms. The summed E-state index contributed by atoms with van der Waals surface area (Å²) in [6.45, 7) is 1.70. The fraction of sp³-hybridized carbons (Fsp3) is 0.400. The van der Waals surface area contributed by atoms with Crippen LogP contribution >= 0.6 is 15.9 Å². The number of rotatable bonds is 9. The Morgan fingerprint density at radius 1 is 1.23 bits per heavy atom. The number of aromatic nitrogens is 2. The van der Waals surface area contributed by atoms with Crippen molar-refractivity contribution in [3.8, 4) is 0 Å². The molecule has 0 saturated heterocycles. The zero-order valence-corrected chi connectivity index (χ0v) is 18.9. The van der Waals surface area contributed by atoms with E-state index >= 15 is 0 Å². The standard InChI is InChI=1S/C20H25BrN4O6/c1-11(12-4-6-13(21)7-5-12)24-18(28)16(26)17(27)19(29)25(2)15(20(30)31-3)8-14-9-22-10-23-14/h4-7,9-11,15-17,26-27H,8H2,1-3H3,(H,22,23)(H,24,28)/t11-,15+,16+,17+/m0/s1. The van der Waals surface area contributed by atoms with E-state index in [2.05, 4.69) is 31.2 Å². The highest BCUT2D eigenvalue weighted by Crippen LogP contribution is 2.17. The van der Waals surface area contributed by atoms with Crippen LogP contribution in [0.2, 0.25) is 0 Å². The molecule has 0 aliphatic carbocycles. The van der Waals surface area contributed by atoms with E-state index in [9.17, 15) is 24.6 Å². The summed E-state index contributed by atoms with van der Waals surface area (Å²) >= 11 is 3.32. The highest BCUT2D eigenvalue weighted by Gasteiger charge is 2.37. The van der Waals surface area contributed by atoms with Crippen molar-refractivity contribution >= 4 is 33.7 Å². The quantitative estimate of drug-likeness (QED) is 0.365. The normalized spacial score (nSPS) is 14.8. The van der Waals surface area contributed by atoms with Crippen LogP contribution in [0, 0.1) is 0 Å². The lowest BCUT2D eigenvalue weighted by atomic mass is 10.1. The van der Waals surface area contributed by atoms with Gasteiger partial charge < -0.3 is 30.2 Å². The summed E-state index contributed by atoms with van der Waals surface area (Å²) in [6.07, 6.45) is -1.11. The number of likely N-dealkylation sites (N-methyl/N-ethyl adjacent to an activating group) is 1. The van der Waals surface area contributed by atoms with E-state index in [0.717, 1.165) is 14.9 Å². The Balaban J connectivity index is 2.05. The molecular formula is C20H25BrN4O6. The third-order valence-electron chi connectivity index (χ3n) is 4.80. The van der Waals surface area contributed by atoms with E-state index in [1.54, 1.807) is 37.4 Å². The van der Waals surface area contributed by atoms with E-state index < -0.39 is 42.1 Å². The summed E-state index contributed by atoms with van der Waals surface area (Å²) in [5.41, 5.74) is 1.26. The van der Waals surface area contributed by atoms with Crippen LogP contribution in [-0.4, -0.2) is 75.3 Å². The fourth-order valence-corrected chi connectivity index (χ4v) is 3.15. The van der Waals surface area contributed by atoms with E-state index in [-0.39, 0.29) is 6.42 Å². The predicted molar refractivity (Wildman–Crippen MR) is 114 cm³/mol. The summed E-state index contributed by atoms with van der Waals surface area (Å²) < 4.78 is 5.60. The van der Waals surface area contributed by atoms with Gasteiger partial charge in [-0.25, -0.2) is 9.78 Å². The molecule has 168 valence electrons. The van der Waals surface area contributed by atoms with Crippen LogP contribution in [0.1, 0.15) is 24.2 Å². The van der Waals surface area contributed by atoms with Crippen molar-refractivity contribution < 1.29 is 29.3 Å². The molecule has 2 amide bonds. The number of halogens is 1. The van der Waals surface area contributed by atoms with Crippen molar-refractivity contribution in [1.82, 2.24) is 20.2 Å². The number of aliphatic hydroxyl groups excluding tert-OH is 2. The van der Waals surface area contributed by atoms with Gasteiger partial charge in [0.1, 0.15) is 6.04 Å². The zero-order valence-electron chi connectivity index (χ0n) is 17.3. The molecular weight excluding hydrogens is 472 g/mol. The number of hydrogen-bond acceptors (Lipinski definition) is 7. The number of aliphatic hydroxyl groups is 2. The van der Waals surface area contributed by atoms with Gasteiger partial charge in [-0.2, -0.15) is 0 Å². The number of amides is 2. The molecule has 4 atom stereocenters. The first-order valence-electron chi connectivity index (χ1n) is 9.39. The average Bonchev–Trinajstić information content (AvgIpc) is 3.28. The second-order valence-corrected chi connectivity index (χ2v) is 7.84. The number of carbonyl (C=O) groups excluding carboxylic acids is 3. The number of carbonyl (C=O) groups is 3. The number of nitrogens with zero attached hydrogens (tertiary/aromatic N) is 2. The van der Waals surface area contributed by atoms with Gasteiger partial charge in [0, 0.05) is 24.1 Å². The third kappa shape index (κ3) is 6.36. The van der Waals surface area contributed by atoms with Crippen molar-refractivity contribution in [3.63, 3.8) is 0 Å². The van der Waals surface area contributed by atoms with Crippen molar-refractivity contribution in [1.29, 1.82) is 0 Å². The number of nitrogens with one attached hydrogen (secondary N) is 2. The summed E-state index contributed by atoms with van der Waals surface area (Å²) in [5.74, 6) is -2.66. The van der Waals surface area contributed by atoms with Gasteiger partial charge in [0.15, 0.2) is 12.2 Å². The first-order valence-corrected chi connectivity index (χ1v) is 10.2. The Morgan fingerprint density at radius 3 is 2.42 bits per heavy atom. The first kappa shape index (κ1) is 24.5. The topological polar surface area (TPSA) is 145 Å². The van der Waals surface area contributed by atoms with E-state index in [1.807, 2.05) is 0 Å². The second kappa shape index (κ2) is 11.0. The Bertz CT molecular complexity index is 890. The molecule has 0 saturated carbocycles. The molecule has 2 rings (SSSR count). The maximum Gasteiger partial charge on any atom is 0.328 e. The Hall–Kier alpha value is -2.76. The van der Waals surface area contributed by atoms with E-state index in [1.165, 1.54) is 20.5 Å². The number of esters is 1. The number of imidazole rings is 1. The van der Waals surface area contributed by atoms with Crippen LogP contribution in [0.3, 0.4) is 0 Å². The number of ether oxygens (including phenoxy) is 1. The highest BCUT2D eigenvalue weighted by molar-refractivity contribution is 9.10. The molecule has 2 aromatic rings. The van der Waals surface area contributed by atoms with Gasteiger partial charge in [-0.1, -0.05) is 28.1 Å². The molecule has 0 aliphatic heterocycles. The van der Waals surface area contributed by atoms with Crippen LogP contribution in [0.15, 0.2) is 41.3 Å². The largest absolute Gasteiger partial charge is 0.467 e. The molecule has 0 unspecified atom stereocenters. The maximum atomic E-state index is 12.7. The van der Waals surface area contributed by atoms with Crippen molar-refractivity contribution in [2.45, 2.75) is 37.6 Å². The van der Waals surface area contributed by atoms with Crippen molar-refractivity contribution in [3.05, 3.63) is 52.5 Å². The van der Waals surface area contributed by atoms with Crippen LogP contribution in [0.25, 0.3) is 0 Å². The van der Waals surface area contributed by atoms with Gasteiger partial charge in [0.05, 0.1) is 25.2 Å². The number of hydrogen-bond donors (Lipinski definition) is 4. The molecule has 1 aromatic heterocycles. The Kier molecular flexibility index (Phi) is 8.72. The number of aromatic amines is 1. The molecule has 31 heavy (non-hydrogen) atoms. The first-order chi connectivity index (χ1) is 14.6. The van der Waals surface area contributed by atoms with Crippen LogP contribution in [-0.2, 0) is 25.5 Å². The monoisotopic (exact) mass is 496 g/mol. The molecule has 11 heteroatoms. The molecule has 1 aromatic carbocycles. The maximum absolute atomic E-state index is 12.7. The number of H-pyrrole nitrogens is 1. The number of benzene rings is 1. The lowest BCUT2D eigenvalue weighted by Crippen LogP contribution is -2.54. The smallest absolute Gasteiger partial charge is 0.328 e. The fourth-order valence-electron chi connectivity index (χ4n) is 2.89. The van der Waals surface area contributed by atoms with E-state index in [4.69, 9.17) is 4.74 Å². The molecule has 1 heterocycles. The lowest BCUT2D eigenvalue weighted by molar-refractivity contribution is -0.160. The zero-order chi connectivity index (χ0) is 23.1. The molecule has 10 nitrogen and oxygen atoms in total. The summed E-state index contributed by atoms with van der Waals surface area (Å²) in [6, 6.07) is 5.59. The molecule has 0 aliphatic rings. The van der Waals surface area contributed by atoms with Gasteiger partial charge >= 0.3 is 5.97 Å².